The number of carbonyl (C=O) groups is 1. The van der Waals surface area contributed by atoms with Crippen LogP contribution in [0.1, 0.15) is 34.1 Å². The van der Waals surface area contributed by atoms with Crippen molar-refractivity contribution in [3.05, 3.63) is 24.4 Å². The molecule has 1 aliphatic heterocycles. The van der Waals surface area contributed by atoms with Crippen LogP contribution in [0.25, 0.3) is 0 Å². The molecular formula is C21H36N6O2. The number of hydrogen-bond acceptors (Lipinski definition) is 5. The van der Waals surface area contributed by atoms with Crippen molar-refractivity contribution in [2.45, 2.75) is 40.2 Å². The zero-order chi connectivity index (χ0) is 21.1. The molecule has 1 atom stereocenters. The summed E-state index contributed by atoms with van der Waals surface area (Å²) in [6.07, 6.45) is 2.32. The third kappa shape index (κ3) is 7.79. The average molecular weight is 405 g/mol. The van der Waals surface area contributed by atoms with Crippen molar-refractivity contribution in [2.75, 3.05) is 50.8 Å². The van der Waals surface area contributed by atoms with Gasteiger partial charge in [0.15, 0.2) is 5.96 Å². The summed E-state index contributed by atoms with van der Waals surface area (Å²) in [5, 5.41) is 6.34. The number of alkyl carbamates (subject to hydrolysis) is 1. The van der Waals surface area contributed by atoms with Gasteiger partial charge >= 0.3 is 6.09 Å². The van der Waals surface area contributed by atoms with E-state index in [1.165, 1.54) is 0 Å². The molecule has 1 aliphatic rings. The SMILES string of the molecule is CCNC(=NCC(CC(C)C)NC(=O)OCC)N1CCN(c2ccccn2)CC1. The van der Waals surface area contributed by atoms with Gasteiger partial charge in [-0.15, -0.1) is 0 Å². The van der Waals surface area contributed by atoms with Crippen molar-refractivity contribution in [1.29, 1.82) is 0 Å². The highest BCUT2D eigenvalue weighted by Gasteiger charge is 2.21. The lowest BCUT2D eigenvalue weighted by Crippen LogP contribution is -2.53. The van der Waals surface area contributed by atoms with Gasteiger partial charge in [-0.3, -0.25) is 4.99 Å². The van der Waals surface area contributed by atoms with Crippen LogP contribution >= 0.6 is 0 Å². The number of pyridine rings is 1. The van der Waals surface area contributed by atoms with Crippen LogP contribution in [0, 0.1) is 5.92 Å². The lowest BCUT2D eigenvalue weighted by Gasteiger charge is -2.37. The van der Waals surface area contributed by atoms with Crippen LogP contribution in [0.15, 0.2) is 29.4 Å². The number of guanidine groups is 1. The number of nitrogens with zero attached hydrogens (tertiary/aromatic N) is 4. The van der Waals surface area contributed by atoms with Gasteiger partial charge in [-0.1, -0.05) is 19.9 Å². The van der Waals surface area contributed by atoms with Gasteiger partial charge in [-0.25, -0.2) is 9.78 Å². The molecule has 0 bridgehead atoms. The van der Waals surface area contributed by atoms with Gasteiger partial charge in [0.1, 0.15) is 5.82 Å². The van der Waals surface area contributed by atoms with E-state index in [4.69, 9.17) is 9.73 Å². The summed E-state index contributed by atoms with van der Waals surface area (Å²) in [5.74, 6) is 2.37. The van der Waals surface area contributed by atoms with Crippen molar-refractivity contribution in [3.63, 3.8) is 0 Å². The summed E-state index contributed by atoms with van der Waals surface area (Å²) in [7, 11) is 0. The second-order valence-electron chi connectivity index (χ2n) is 7.55. The van der Waals surface area contributed by atoms with Crippen molar-refractivity contribution in [1.82, 2.24) is 20.5 Å². The Morgan fingerprint density at radius 1 is 1.24 bits per heavy atom. The normalized spacial score (nSPS) is 16.0. The van der Waals surface area contributed by atoms with Gasteiger partial charge in [0, 0.05) is 38.9 Å². The van der Waals surface area contributed by atoms with E-state index in [0.29, 0.717) is 19.1 Å². The molecule has 1 fully saturated rings. The van der Waals surface area contributed by atoms with Gasteiger partial charge in [0.2, 0.25) is 0 Å². The minimum absolute atomic E-state index is 0.0440. The number of aromatic nitrogens is 1. The molecule has 162 valence electrons. The molecule has 1 aromatic rings. The first-order chi connectivity index (χ1) is 14.0. The number of piperazine rings is 1. The van der Waals surface area contributed by atoms with Crippen LogP contribution in [0.2, 0.25) is 0 Å². The van der Waals surface area contributed by atoms with E-state index in [-0.39, 0.29) is 12.1 Å². The van der Waals surface area contributed by atoms with E-state index in [1.807, 2.05) is 31.3 Å². The summed E-state index contributed by atoms with van der Waals surface area (Å²) in [6.45, 7) is 13.4. The number of hydrogen-bond donors (Lipinski definition) is 2. The lowest BCUT2D eigenvalue weighted by molar-refractivity contribution is 0.147. The van der Waals surface area contributed by atoms with Crippen LogP contribution in [0.4, 0.5) is 10.6 Å². The third-order valence-corrected chi connectivity index (χ3v) is 4.70. The summed E-state index contributed by atoms with van der Waals surface area (Å²) in [5.41, 5.74) is 0. The number of amides is 1. The standard InChI is InChI=1S/C21H36N6O2/c1-5-22-20(24-16-18(15-17(3)4)25-21(28)29-6-2)27-13-11-26(12-14-27)19-9-7-8-10-23-19/h7-10,17-18H,5-6,11-16H2,1-4H3,(H,22,24)(H,25,28). The summed E-state index contributed by atoms with van der Waals surface area (Å²) >= 11 is 0. The monoisotopic (exact) mass is 404 g/mol. The maximum Gasteiger partial charge on any atom is 0.407 e. The Hall–Kier alpha value is -2.51. The van der Waals surface area contributed by atoms with Gasteiger partial charge in [0.25, 0.3) is 0 Å². The van der Waals surface area contributed by atoms with Crippen molar-refractivity contribution in [2.24, 2.45) is 10.9 Å². The van der Waals surface area contributed by atoms with Crippen molar-refractivity contribution >= 4 is 17.9 Å². The molecule has 2 heterocycles. The Balaban J connectivity index is 1.97. The molecule has 1 aromatic heterocycles. The first-order valence-electron chi connectivity index (χ1n) is 10.7. The maximum atomic E-state index is 11.9. The zero-order valence-electron chi connectivity index (χ0n) is 18.2. The minimum atomic E-state index is -0.373. The quantitative estimate of drug-likeness (QED) is 0.511. The number of anilines is 1. The fourth-order valence-electron chi connectivity index (χ4n) is 3.40. The smallest absolute Gasteiger partial charge is 0.407 e. The van der Waals surface area contributed by atoms with Gasteiger partial charge in [-0.05, 0) is 38.3 Å². The van der Waals surface area contributed by atoms with Gasteiger partial charge in [0.05, 0.1) is 19.2 Å². The Morgan fingerprint density at radius 2 is 2.00 bits per heavy atom. The second-order valence-corrected chi connectivity index (χ2v) is 7.55. The predicted molar refractivity (Wildman–Crippen MR) is 117 cm³/mol. The number of rotatable bonds is 8. The summed E-state index contributed by atoms with van der Waals surface area (Å²) in [6, 6.07) is 5.96. The minimum Gasteiger partial charge on any atom is -0.450 e. The summed E-state index contributed by atoms with van der Waals surface area (Å²) < 4.78 is 5.04. The first-order valence-corrected chi connectivity index (χ1v) is 10.7. The molecule has 0 radical (unpaired) electrons. The molecule has 1 unspecified atom stereocenters. The Kier molecular flexibility index (Phi) is 9.53. The van der Waals surface area contributed by atoms with E-state index < -0.39 is 0 Å². The van der Waals surface area contributed by atoms with Crippen LogP contribution in [0.5, 0.6) is 0 Å². The molecular weight excluding hydrogens is 368 g/mol. The fraction of sp³-hybridized carbons (Fsp3) is 0.667. The molecule has 2 N–H and O–H groups in total. The van der Waals surface area contributed by atoms with Crippen LogP contribution in [-0.4, -0.2) is 73.9 Å². The predicted octanol–water partition coefficient (Wildman–Crippen LogP) is 2.33. The highest BCUT2D eigenvalue weighted by molar-refractivity contribution is 5.80. The largest absolute Gasteiger partial charge is 0.450 e. The summed E-state index contributed by atoms with van der Waals surface area (Å²) in [4.78, 5) is 25.7. The Labute approximate surface area is 174 Å². The molecule has 8 nitrogen and oxygen atoms in total. The molecule has 0 aliphatic carbocycles. The first kappa shape index (κ1) is 22.8. The number of aliphatic imine (C=N–C) groups is 1. The van der Waals surface area contributed by atoms with E-state index in [2.05, 4.69) is 46.2 Å². The number of nitrogens with one attached hydrogen (secondary N) is 2. The van der Waals surface area contributed by atoms with Crippen LogP contribution in [-0.2, 0) is 4.74 Å². The van der Waals surface area contributed by atoms with E-state index in [1.54, 1.807) is 0 Å². The van der Waals surface area contributed by atoms with E-state index in [0.717, 1.165) is 50.9 Å². The molecule has 0 spiro atoms. The zero-order valence-corrected chi connectivity index (χ0v) is 18.2. The Morgan fingerprint density at radius 3 is 2.59 bits per heavy atom. The number of carbonyl (C=O) groups excluding carboxylic acids is 1. The maximum absolute atomic E-state index is 11.9. The highest BCUT2D eigenvalue weighted by atomic mass is 16.5. The fourth-order valence-corrected chi connectivity index (χ4v) is 3.40. The Bertz CT molecular complexity index is 629. The van der Waals surface area contributed by atoms with E-state index in [9.17, 15) is 4.79 Å². The molecule has 2 rings (SSSR count). The second kappa shape index (κ2) is 12.1. The molecule has 0 aromatic carbocycles. The molecule has 29 heavy (non-hydrogen) atoms. The van der Waals surface area contributed by atoms with Crippen LogP contribution < -0.4 is 15.5 Å². The molecule has 0 saturated carbocycles. The van der Waals surface area contributed by atoms with Gasteiger partial charge in [-0.2, -0.15) is 0 Å². The van der Waals surface area contributed by atoms with Crippen molar-refractivity contribution < 1.29 is 9.53 Å². The highest BCUT2D eigenvalue weighted by Crippen LogP contribution is 2.13. The average Bonchev–Trinajstić information content (AvgIpc) is 2.71. The topological polar surface area (TPSA) is 82.1 Å². The van der Waals surface area contributed by atoms with E-state index >= 15 is 0 Å². The molecule has 8 heteroatoms. The lowest BCUT2D eigenvalue weighted by atomic mass is 10.0. The van der Waals surface area contributed by atoms with Gasteiger partial charge < -0.3 is 25.2 Å². The van der Waals surface area contributed by atoms with Crippen LogP contribution in [0.3, 0.4) is 0 Å². The van der Waals surface area contributed by atoms with Crippen molar-refractivity contribution in [3.8, 4) is 0 Å². The number of ether oxygens (including phenoxy) is 1. The molecule has 1 saturated heterocycles. The molecule has 1 amide bonds. The third-order valence-electron chi connectivity index (χ3n) is 4.70.